The highest BCUT2D eigenvalue weighted by Gasteiger charge is 2.33. The van der Waals surface area contributed by atoms with Crippen LogP contribution in [0, 0.1) is 0 Å². The monoisotopic (exact) mass is 344 g/mol. The second-order valence-electron chi connectivity index (χ2n) is 5.60. The largest absolute Gasteiger partial charge is 0.461 e. The van der Waals surface area contributed by atoms with Crippen LogP contribution in [0.1, 0.15) is 37.7 Å². The lowest BCUT2D eigenvalue weighted by Gasteiger charge is -2.21. The number of alkyl halides is 3. The Bertz CT molecular complexity index is 584. The van der Waals surface area contributed by atoms with E-state index < -0.39 is 30.3 Å². The Morgan fingerprint density at radius 2 is 1.79 bits per heavy atom. The molecule has 1 saturated carbocycles. The first-order chi connectivity index (χ1) is 11.4. The molecule has 132 valence electrons. The molecule has 0 bridgehead atoms. The van der Waals surface area contributed by atoms with E-state index in [2.05, 4.69) is 10.6 Å². The number of carbonyl (C=O) groups is 2. The Kier molecular flexibility index (Phi) is 6.05. The fraction of sp³-hybridized carbons (Fsp3) is 0.500. The number of halogens is 3. The van der Waals surface area contributed by atoms with Gasteiger partial charge in [0.2, 0.25) is 0 Å². The molecular weight excluding hydrogens is 325 g/mol. The van der Waals surface area contributed by atoms with Crippen molar-refractivity contribution in [3.8, 4) is 0 Å². The van der Waals surface area contributed by atoms with Crippen LogP contribution >= 0.6 is 0 Å². The Morgan fingerprint density at radius 1 is 1.12 bits per heavy atom. The molecule has 1 aromatic rings. The first-order valence-electron chi connectivity index (χ1n) is 7.77. The minimum Gasteiger partial charge on any atom is -0.461 e. The SMILES string of the molecule is O=C(NCC(=O)OC1CCCCC1)Nc1ccccc1C(F)(F)F. The van der Waals surface area contributed by atoms with Gasteiger partial charge in [-0.2, -0.15) is 13.2 Å². The summed E-state index contributed by atoms with van der Waals surface area (Å²) in [4.78, 5) is 23.3. The van der Waals surface area contributed by atoms with Crippen molar-refractivity contribution >= 4 is 17.7 Å². The van der Waals surface area contributed by atoms with E-state index in [4.69, 9.17) is 4.74 Å². The number of nitrogens with one attached hydrogen (secondary N) is 2. The number of ether oxygens (including phenoxy) is 1. The smallest absolute Gasteiger partial charge is 0.418 e. The third kappa shape index (κ3) is 5.43. The number of para-hydroxylation sites is 1. The third-order valence-corrected chi connectivity index (χ3v) is 3.72. The van der Waals surface area contributed by atoms with Crippen LogP contribution in [0.3, 0.4) is 0 Å². The molecule has 2 amide bonds. The molecule has 1 aliphatic rings. The first-order valence-corrected chi connectivity index (χ1v) is 7.77. The normalized spacial score (nSPS) is 15.6. The Labute approximate surface area is 137 Å². The number of hydrogen-bond donors (Lipinski definition) is 2. The predicted octanol–water partition coefficient (Wildman–Crippen LogP) is 3.70. The summed E-state index contributed by atoms with van der Waals surface area (Å²) in [6.45, 7) is -0.392. The van der Waals surface area contributed by atoms with Crippen LogP contribution in [0.5, 0.6) is 0 Å². The van der Waals surface area contributed by atoms with Crippen LogP contribution in [0.15, 0.2) is 24.3 Å². The van der Waals surface area contributed by atoms with Crippen LogP contribution in [-0.2, 0) is 15.7 Å². The van der Waals surface area contributed by atoms with Gasteiger partial charge in [0, 0.05) is 0 Å². The molecule has 1 aromatic carbocycles. The minimum absolute atomic E-state index is 0.137. The lowest BCUT2D eigenvalue weighted by molar-refractivity contribution is -0.149. The fourth-order valence-electron chi connectivity index (χ4n) is 2.57. The lowest BCUT2D eigenvalue weighted by Crippen LogP contribution is -2.36. The standard InChI is InChI=1S/C16H19F3N2O3/c17-16(18,19)12-8-4-5-9-13(12)21-15(23)20-10-14(22)24-11-6-2-1-3-7-11/h4-5,8-9,11H,1-3,6-7,10H2,(H2,20,21,23). The van der Waals surface area contributed by atoms with Gasteiger partial charge >= 0.3 is 18.2 Å². The molecule has 1 fully saturated rings. The molecule has 1 aliphatic carbocycles. The van der Waals surface area contributed by atoms with Crippen LogP contribution < -0.4 is 10.6 Å². The van der Waals surface area contributed by atoms with Gasteiger partial charge in [0.15, 0.2) is 0 Å². The van der Waals surface area contributed by atoms with Gasteiger partial charge in [-0.05, 0) is 37.8 Å². The average molecular weight is 344 g/mol. The van der Waals surface area contributed by atoms with E-state index in [-0.39, 0.29) is 11.8 Å². The summed E-state index contributed by atoms with van der Waals surface area (Å²) in [5.41, 5.74) is -1.33. The molecule has 0 radical (unpaired) electrons. The van der Waals surface area contributed by atoms with E-state index in [1.165, 1.54) is 12.1 Å². The Hall–Kier alpha value is -2.25. The van der Waals surface area contributed by atoms with Crippen molar-refractivity contribution in [2.24, 2.45) is 0 Å². The number of rotatable bonds is 4. The summed E-state index contributed by atoms with van der Waals surface area (Å²) in [5.74, 6) is -0.596. The van der Waals surface area contributed by atoms with Gasteiger partial charge in [-0.25, -0.2) is 4.79 Å². The molecule has 5 nitrogen and oxygen atoms in total. The maximum Gasteiger partial charge on any atom is 0.418 e. The number of benzene rings is 1. The second kappa shape index (κ2) is 8.03. The second-order valence-corrected chi connectivity index (χ2v) is 5.60. The van der Waals surface area contributed by atoms with Crippen molar-refractivity contribution in [3.63, 3.8) is 0 Å². The van der Waals surface area contributed by atoms with Gasteiger partial charge in [-0.1, -0.05) is 18.6 Å². The highest BCUT2D eigenvalue weighted by molar-refractivity contribution is 5.92. The van der Waals surface area contributed by atoms with Crippen molar-refractivity contribution in [2.75, 3.05) is 11.9 Å². The zero-order chi connectivity index (χ0) is 17.6. The molecule has 0 unspecified atom stereocenters. The van der Waals surface area contributed by atoms with Crippen LogP contribution in [0.2, 0.25) is 0 Å². The van der Waals surface area contributed by atoms with Gasteiger partial charge in [-0.3, -0.25) is 4.79 Å². The molecule has 8 heteroatoms. The number of hydrogen-bond acceptors (Lipinski definition) is 3. The predicted molar refractivity (Wildman–Crippen MR) is 81.4 cm³/mol. The zero-order valence-electron chi connectivity index (χ0n) is 13.0. The molecule has 0 atom stereocenters. The summed E-state index contributed by atoms with van der Waals surface area (Å²) < 4.78 is 43.7. The zero-order valence-corrected chi connectivity index (χ0v) is 13.0. The van der Waals surface area contributed by atoms with E-state index in [1.807, 2.05) is 0 Å². The molecular formula is C16H19F3N2O3. The summed E-state index contributed by atoms with van der Waals surface area (Å²) in [7, 11) is 0. The molecule has 2 N–H and O–H groups in total. The fourth-order valence-corrected chi connectivity index (χ4v) is 2.57. The summed E-state index contributed by atoms with van der Waals surface area (Å²) in [6, 6.07) is 3.72. The molecule has 0 spiro atoms. The van der Waals surface area contributed by atoms with Crippen LogP contribution in [0.4, 0.5) is 23.7 Å². The van der Waals surface area contributed by atoms with Gasteiger partial charge in [0.05, 0.1) is 11.3 Å². The van der Waals surface area contributed by atoms with Crippen LogP contribution in [-0.4, -0.2) is 24.6 Å². The van der Waals surface area contributed by atoms with Crippen molar-refractivity contribution in [3.05, 3.63) is 29.8 Å². The molecule has 0 saturated heterocycles. The minimum atomic E-state index is -4.58. The van der Waals surface area contributed by atoms with Crippen molar-refractivity contribution in [2.45, 2.75) is 44.4 Å². The maximum atomic E-state index is 12.8. The highest BCUT2D eigenvalue weighted by atomic mass is 19.4. The quantitative estimate of drug-likeness (QED) is 0.819. The Morgan fingerprint density at radius 3 is 2.46 bits per heavy atom. The van der Waals surface area contributed by atoms with Crippen molar-refractivity contribution in [1.29, 1.82) is 0 Å². The third-order valence-electron chi connectivity index (χ3n) is 3.72. The van der Waals surface area contributed by atoms with E-state index in [0.717, 1.165) is 44.2 Å². The molecule has 0 heterocycles. The number of urea groups is 1. The molecule has 0 aromatic heterocycles. The molecule has 2 rings (SSSR count). The van der Waals surface area contributed by atoms with E-state index in [0.29, 0.717) is 0 Å². The average Bonchev–Trinajstić information content (AvgIpc) is 2.53. The van der Waals surface area contributed by atoms with Crippen LogP contribution in [0.25, 0.3) is 0 Å². The molecule has 24 heavy (non-hydrogen) atoms. The van der Waals surface area contributed by atoms with Crippen molar-refractivity contribution < 1.29 is 27.5 Å². The molecule has 0 aliphatic heterocycles. The highest BCUT2D eigenvalue weighted by Crippen LogP contribution is 2.34. The lowest BCUT2D eigenvalue weighted by atomic mass is 9.98. The number of esters is 1. The van der Waals surface area contributed by atoms with E-state index in [1.54, 1.807) is 0 Å². The van der Waals surface area contributed by atoms with Crippen molar-refractivity contribution in [1.82, 2.24) is 5.32 Å². The first kappa shape index (κ1) is 18.1. The van der Waals surface area contributed by atoms with Gasteiger partial charge < -0.3 is 15.4 Å². The van der Waals surface area contributed by atoms with E-state index >= 15 is 0 Å². The number of carbonyl (C=O) groups excluding carboxylic acids is 2. The summed E-state index contributed by atoms with van der Waals surface area (Å²) in [6.07, 6.45) is 0.00694. The summed E-state index contributed by atoms with van der Waals surface area (Å²) >= 11 is 0. The summed E-state index contributed by atoms with van der Waals surface area (Å²) in [5, 5.41) is 4.31. The Balaban J connectivity index is 1.82. The van der Waals surface area contributed by atoms with Gasteiger partial charge in [0.1, 0.15) is 12.6 Å². The van der Waals surface area contributed by atoms with E-state index in [9.17, 15) is 22.8 Å². The maximum absolute atomic E-state index is 12.8. The van der Waals surface area contributed by atoms with Gasteiger partial charge in [-0.15, -0.1) is 0 Å². The number of amides is 2. The number of anilines is 1. The topological polar surface area (TPSA) is 67.4 Å². The van der Waals surface area contributed by atoms with Gasteiger partial charge in [0.25, 0.3) is 0 Å².